The number of rotatable bonds is 5. The molecule has 10 heteroatoms. The van der Waals surface area contributed by atoms with Gasteiger partial charge in [0.15, 0.2) is 11.5 Å². The lowest BCUT2D eigenvalue weighted by atomic mass is 9.83. The highest BCUT2D eigenvalue weighted by Crippen LogP contribution is 2.48. The van der Waals surface area contributed by atoms with Crippen molar-refractivity contribution >= 4 is 0 Å². The predicted octanol–water partition coefficient (Wildman–Crippen LogP) is 4.23. The van der Waals surface area contributed by atoms with Crippen LogP contribution in [0.1, 0.15) is 28.3 Å². The van der Waals surface area contributed by atoms with Crippen LogP contribution in [0.15, 0.2) is 60.0 Å². The predicted molar refractivity (Wildman–Crippen MR) is 107 cm³/mol. The van der Waals surface area contributed by atoms with Gasteiger partial charge < -0.3 is 19.9 Å². The van der Waals surface area contributed by atoms with Gasteiger partial charge in [0, 0.05) is 0 Å². The summed E-state index contributed by atoms with van der Waals surface area (Å²) in [6, 6.07) is 15.9. The highest BCUT2D eigenvalue weighted by molar-refractivity contribution is 5.58. The van der Waals surface area contributed by atoms with Gasteiger partial charge in [-0.15, -0.1) is 5.10 Å². The van der Waals surface area contributed by atoms with E-state index < -0.39 is 17.8 Å². The fourth-order valence-electron chi connectivity index (χ4n) is 3.51. The van der Waals surface area contributed by atoms with Crippen LogP contribution in [0.5, 0.6) is 17.4 Å². The molecule has 4 rings (SSSR count). The summed E-state index contributed by atoms with van der Waals surface area (Å²) in [4.78, 5) is 0. The Hall–Kier alpha value is -4.13. The number of nitrogens with one attached hydrogen (secondary N) is 1. The van der Waals surface area contributed by atoms with Gasteiger partial charge in [0.1, 0.15) is 23.9 Å². The molecule has 0 radical (unpaired) electrons. The van der Waals surface area contributed by atoms with Crippen LogP contribution in [0.25, 0.3) is 0 Å². The standard InChI is InChI=1S/C22H17F3N4O3/c1-30-16-9-13(7-8-15(16)31-11-12-5-3-2-4-6-12)17-14(10-26)20(27)32-21-18(17)19(28-29-21)22(23,24)25/h2-9,17H,11,27H2,1H3,(H,28,29). The van der Waals surface area contributed by atoms with E-state index in [1.54, 1.807) is 12.1 Å². The lowest BCUT2D eigenvalue weighted by molar-refractivity contribution is -0.141. The van der Waals surface area contributed by atoms with Gasteiger partial charge in [0.2, 0.25) is 11.8 Å². The molecule has 7 nitrogen and oxygen atoms in total. The van der Waals surface area contributed by atoms with Gasteiger partial charge in [0.25, 0.3) is 0 Å². The number of halogens is 3. The van der Waals surface area contributed by atoms with Gasteiger partial charge in [-0.1, -0.05) is 36.4 Å². The van der Waals surface area contributed by atoms with E-state index in [-0.39, 0.29) is 29.5 Å². The van der Waals surface area contributed by atoms with Crippen LogP contribution in [-0.2, 0) is 12.8 Å². The number of hydrogen-bond acceptors (Lipinski definition) is 6. The van der Waals surface area contributed by atoms with Crippen molar-refractivity contribution in [1.29, 1.82) is 5.26 Å². The molecule has 0 spiro atoms. The molecule has 1 unspecified atom stereocenters. The number of fused-ring (bicyclic) bond motifs is 1. The molecule has 0 saturated carbocycles. The van der Waals surface area contributed by atoms with Crippen molar-refractivity contribution in [2.75, 3.05) is 7.11 Å². The molecule has 164 valence electrons. The summed E-state index contributed by atoms with van der Waals surface area (Å²) >= 11 is 0. The first-order valence-corrected chi connectivity index (χ1v) is 9.41. The average Bonchev–Trinajstić information content (AvgIpc) is 3.21. The van der Waals surface area contributed by atoms with E-state index in [4.69, 9.17) is 19.9 Å². The zero-order chi connectivity index (χ0) is 22.9. The third-order valence-electron chi connectivity index (χ3n) is 4.98. The smallest absolute Gasteiger partial charge is 0.433 e. The number of methoxy groups -OCH3 is 1. The molecular formula is C22H17F3N4O3. The molecule has 0 saturated heterocycles. The number of nitrogens with two attached hydrogens (primary N) is 1. The monoisotopic (exact) mass is 442 g/mol. The van der Waals surface area contributed by atoms with Crippen LogP contribution in [0.3, 0.4) is 0 Å². The first kappa shape index (κ1) is 21.1. The van der Waals surface area contributed by atoms with Crippen molar-refractivity contribution in [3.8, 4) is 23.4 Å². The van der Waals surface area contributed by atoms with E-state index in [0.717, 1.165) is 5.56 Å². The van der Waals surface area contributed by atoms with Crippen LogP contribution in [0.2, 0.25) is 0 Å². The molecular weight excluding hydrogens is 425 g/mol. The van der Waals surface area contributed by atoms with Crippen molar-refractivity contribution in [3.05, 3.63) is 82.4 Å². The van der Waals surface area contributed by atoms with E-state index in [0.29, 0.717) is 17.1 Å². The molecule has 0 bridgehead atoms. The zero-order valence-electron chi connectivity index (χ0n) is 16.7. The quantitative estimate of drug-likeness (QED) is 0.612. The van der Waals surface area contributed by atoms with E-state index in [1.807, 2.05) is 41.5 Å². The number of ether oxygens (including phenoxy) is 3. The minimum atomic E-state index is -4.74. The Kier molecular flexibility index (Phi) is 5.40. The summed E-state index contributed by atoms with van der Waals surface area (Å²) in [5.41, 5.74) is 5.49. The number of allylic oxidation sites excluding steroid dienone is 1. The molecule has 1 atom stereocenters. The van der Waals surface area contributed by atoms with Crippen LogP contribution >= 0.6 is 0 Å². The SMILES string of the molecule is COc1cc(C2C(C#N)=C(N)Oc3n[nH]c(C(F)(F)F)c32)ccc1OCc1ccccc1. The number of nitrogens with zero attached hydrogens (tertiary/aromatic N) is 2. The highest BCUT2D eigenvalue weighted by atomic mass is 19.4. The molecule has 3 aromatic rings. The number of H-pyrrole nitrogens is 1. The molecule has 32 heavy (non-hydrogen) atoms. The van der Waals surface area contributed by atoms with Gasteiger partial charge in [0.05, 0.1) is 18.6 Å². The Balaban J connectivity index is 1.75. The van der Waals surface area contributed by atoms with Crippen molar-refractivity contribution < 1.29 is 27.4 Å². The van der Waals surface area contributed by atoms with E-state index >= 15 is 0 Å². The van der Waals surface area contributed by atoms with Crippen LogP contribution in [0, 0.1) is 11.3 Å². The second-order valence-corrected chi connectivity index (χ2v) is 6.92. The number of benzene rings is 2. The summed E-state index contributed by atoms with van der Waals surface area (Å²) in [5.74, 6) is -1.11. The number of hydrogen-bond donors (Lipinski definition) is 2. The largest absolute Gasteiger partial charge is 0.493 e. The Morgan fingerprint density at radius 2 is 1.94 bits per heavy atom. The molecule has 2 aromatic carbocycles. The number of aromatic amines is 1. The molecule has 1 aliphatic heterocycles. The topological polar surface area (TPSA) is 106 Å². The molecule has 1 aliphatic rings. The van der Waals surface area contributed by atoms with Crippen LogP contribution in [0.4, 0.5) is 13.2 Å². The Morgan fingerprint density at radius 1 is 1.19 bits per heavy atom. The van der Waals surface area contributed by atoms with Crippen LogP contribution < -0.4 is 19.9 Å². The van der Waals surface area contributed by atoms with Crippen LogP contribution in [-0.4, -0.2) is 17.3 Å². The van der Waals surface area contributed by atoms with E-state index in [1.165, 1.54) is 13.2 Å². The van der Waals surface area contributed by atoms with Crippen molar-refractivity contribution in [2.24, 2.45) is 5.73 Å². The minimum absolute atomic E-state index is 0.163. The van der Waals surface area contributed by atoms with Gasteiger partial charge in [-0.3, -0.25) is 5.10 Å². The lowest BCUT2D eigenvalue weighted by Crippen LogP contribution is -2.23. The zero-order valence-corrected chi connectivity index (χ0v) is 16.7. The van der Waals surface area contributed by atoms with Gasteiger partial charge in [-0.25, -0.2) is 0 Å². The highest BCUT2D eigenvalue weighted by Gasteiger charge is 2.44. The number of alkyl halides is 3. The number of nitriles is 1. The fraction of sp³-hybridized carbons (Fsp3) is 0.182. The Bertz CT molecular complexity index is 1210. The van der Waals surface area contributed by atoms with Crippen molar-refractivity contribution in [1.82, 2.24) is 10.2 Å². The summed E-state index contributed by atoms with van der Waals surface area (Å²) in [6.07, 6.45) is -4.74. The molecule has 2 heterocycles. The van der Waals surface area contributed by atoms with Crippen molar-refractivity contribution in [2.45, 2.75) is 18.7 Å². The summed E-state index contributed by atoms with van der Waals surface area (Å²) in [6.45, 7) is 0.272. The first-order valence-electron chi connectivity index (χ1n) is 9.41. The molecule has 0 aliphatic carbocycles. The summed E-state index contributed by atoms with van der Waals surface area (Å²) in [7, 11) is 1.41. The van der Waals surface area contributed by atoms with Gasteiger partial charge in [-0.2, -0.15) is 18.4 Å². The first-order chi connectivity index (χ1) is 15.3. The minimum Gasteiger partial charge on any atom is -0.493 e. The lowest BCUT2D eigenvalue weighted by Gasteiger charge is -2.25. The van der Waals surface area contributed by atoms with Gasteiger partial charge in [-0.05, 0) is 23.3 Å². The van der Waals surface area contributed by atoms with Crippen molar-refractivity contribution in [3.63, 3.8) is 0 Å². The van der Waals surface area contributed by atoms with Gasteiger partial charge >= 0.3 is 6.18 Å². The summed E-state index contributed by atoms with van der Waals surface area (Å²) in [5, 5.41) is 15.2. The Labute approximate surface area is 180 Å². The molecule has 3 N–H and O–H groups in total. The van der Waals surface area contributed by atoms with E-state index in [2.05, 4.69) is 5.10 Å². The Morgan fingerprint density at radius 3 is 2.59 bits per heavy atom. The second-order valence-electron chi connectivity index (χ2n) is 6.92. The maximum Gasteiger partial charge on any atom is 0.433 e. The number of aromatic nitrogens is 2. The average molecular weight is 442 g/mol. The van der Waals surface area contributed by atoms with E-state index in [9.17, 15) is 18.4 Å². The third-order valence-corrected chi connectivity index (χ3v) is 4.98. The molecule has 1 aromatic heterocycles. The second kappa shape index (κ2) is 8.19. The third kappa shape index (κ3) is 3.80. The maximum atomic E-state index is 13.6. The maximum absolute atomic E-state index is 13.6. The summed E-state index contributed by atoms with van der Waals surface area (Å²) < 4.78 is 57.2. The normalized spacial score (nSPS) is 15.5. The fourth-order valence-corrected chi connectivity index (χ4v) is 3.51. The molecule has 0 fully saturated rings. The molecule has 0 amide bonds.